The first-order valence-electron chi connectivity index (χ1n) is 7.52. The smallest absolute Gasteiger partial charge is 0.273 e. The van der Waals surface area contributed by atoms with Gasteiger partial charge in [0.1, 0.15) is 12.4 Å². The largest absolute Gasteiger partial charge is 0.489 e. The van der Waals surface area contributed by atoms with Crippen LogP contribution in [0.25, 0.3) is 0 Å². The fourth-order valence-electron chi connectivity index (χ4n) is 2.68. The molecule has 0 heterocycles. The molecule has 1 aliphatic carbocycles. The Kier molecular flexibility index (Phi) is 5.15. The number of allylic oxidation sites excluding steroid dienone is 4. The summed E-state index contributed by atoms with van der Waals surface area (Å²) in [6.07, 6.45) is 6.14. The van der Waals surface area contributed by atoms with Crippen LogP contribution in [-0.2, 0) is 0 Å². The van der Waals surface area contributed by atoms with E-state index in [1.807, 2.05) is 0 Å². The number of non-ortho nitro benzene ring substituents is 1. The number of rotatable bonds is 7. The minimum Gasteiger partial charge on any atom is -0.489 e. The lowest BCUT2D eigenvalue weighted by Crippen LogP contribution is -2.11. The number of nitrogens with zero attached hydrogens (tertiary/aromatic N) is 1. The molecule has 4 heteroatoms. The molecule has 1 aromatic rings. The van der Waals surface area contributed by atoms with Crippen molar-refractivity contribution >= 4 is 5.69 Å². The molecule has 116 valence electrons. The van der Waals surface area contributed by atoms with E-state index in [-0.39, 0.29) is 5.69 Å². The van der Waals surface area contributed by atoms with Crippen LogP contribution in [0.2, 0.25) is 0 Å². The van der Waals surface area contributed by atoms with Crippen molar-refractivity contribution in [1.82, 2.24) is 0 Å². The molecule has 0 N–H and O–H groups in total. The summed E-state index contributed by atoms with van der Waals surface area (Å²) in [5.41, 5.74) is 3.68. The van der Waals surface area contributed by atoms with Gasteiger partial charge >= 0.3 is 0 Å². The van der Waals surface area contributed by atoms with Crippen molar-refractivity contribution in [2.45, 2.75) is 26.7 Å². The number of benzene rings is 1. The van der Waals surface area contributed by atoms with Crippen LogP contribution < -0.4 is 4.74 Å². The molecule has 0 spiro atoms. The lowest BCUT2D eigenvalue weighted by Gasteiger charge is -2.19. The van der Waals surface area contributed by atoms with E-state index in [0.29, 0.717) is 18.3 Å². The Labute approximate surface area is 131 Å². The van der Waals surface area contributed by atoms with Crippen molar-refractivity contribution in [2.75, 3.05) is 6.61 Å². The van der Waals surface area contributed by atoms with Gasteiger partial charge in [-0.15, -0.1) is 0 Å². The van der Waals surface area contributed by atoms with Gasteiger partial charge in [0.15, 0.2) is 0 Å². The Morgan fingerprint density at radius 3 is 2.77 bits per heavy atom. The van der Waals surface area contributed by atoms with E-state index in [2.05, 4.69) is 32.6 Å². The summed E-state index contributed by atoms with van der Waals surface area (Å²) in [7, 11) is 0. The zero-order chi connectivity index (χ0) is 16.1. The van der Waals surface area contributed by atoms with Gasteiger partial charge in [-0.3, -0.25) is 10.1 Å². The second-order valence-corrected chi connectivity index (χ2v) is 5.32. The van der Waals surface area contributed by atoms with Crippen LogP contribution in [0, 0.1) is 16.0 Å². The maximum Gasteiger partial charge on any atom is 0.273 e. The monoisotopic (exact) mass is 299 g/mol. The van der Waals surface area contributed by atoms with Gasteiger partial charge in [-0.25, -0.2) is 0 Å². The maximum atomic E-state index is 10.8. The molecule has 2 rings (SSSR count). The van der Waals surface area contributed by atoms with E-state index >= 15 is 0 Å². The van der Waals surface area contributed by atoms with Crippen molar-refractivity contribution < 1.29 is 9.66 Å². The Balaban J connectivity index is 2.02. The minimum atomic E-state index is -0.415. The van der Waals surface area contributed by atoms with Crippen LogP contribution in [0.3, 0.4) is 0 Å². The SMILES string of the molecule is C=C(CC)C1=CC=C(COc2cccc([N+](=O)[O-])c2)C1CC. The minimum absolute atomic E-state index is 0.0446. The topological polar surface area (TPSA) is 52.4 Å². The number of nitro groups is 1. The highest BCUT2D eigenvalue weighted by atomic mass is 16.6. The standard InChI is InChI=1S/C18H21NO3/c1-4-13(3)18-10-9-14(17(18)5-2)12-22-16-8-6-7-15(11-16)19(20)21/h6-11,17H,3-5,12H2,1-2H3. The highest BCUT2D eigenvalue weighted by Gasteiger charge is 2.23. The van der Waals surface area contributed by atoms with Crippen molar-refractivity contribution in [3.63, 3.8) is 0 Å². The molecular weight excluding hydrogens is 278 g/mol. The zero-order valence-electron chi connectivity index (χ0n) is 13.0. The van der Waals surface area contributed by atoms with Crippen LogP contribution >= 0.6 is 0 Å². The first-order chi connectivity index (χ1) is 10.6. The molecule has 0 aliphatic heterocycles. The second-order valence-electron chi connectivity index (χ2n) is 5.32. The molecule has 4 nitrogen and oxygen atoms in total. The molecule has 1 aromatic carbocycles. The van der Waals surface area contributed by atoms with Gasteiger partial charge in [0.2, 0.25) is 0 Å². The first kappa shape index (κ1) is 16.0. The summed E-state index contributed by atoms with van der Waals surface area (Å²) in [4.78, 5) is 10.4. The van der Waals surface area contributed by atoms with E-state index < -0.39 is 4.92 Å². The molecule has 0 amide bonds. The van der Waals surface area contributed by atoms with Crippen LogP contribution in [0.4, 0.5) is 5.69 Å². The lowest BCUT2D eigenvalue weighted by molar-refractivity contribution is -0.384. The number of hydrogen-bond donors (Lipinski definition) is 0. The molecule has 0 bridgehead atoms. The Morgan fingerprint density at radius 1 is 1.36 bits per heavy atom. The number of ether oxygens (including phenoxy) is 1. The lowest BCUT2D eigenvalue weighted by atomic mass is 9.88. The molecule has 0 radical (unpaired) electrons. The highest BCUT2D eigenvalue weighted by Crippen LogP contribution is 2.35. The fourth-order valence-corrected chi connectivity index (χ4v) is 2.68. The van der Waals surface area contributed by atoms with Crippen LogP contribution in [-0.4, -0.2) is 11.5 Å². The average Bonchev–Trinajstić information content (AvgIpc) is 2.95. The van der Waals surface area contributed by atoms with E-state index in [1.54, 1.807) is 12.1 Å². The Hall–Kier alpha value is -2.36. The molecule has 22 heavy (non-hydrogen) atoms. The summed E-state index contributed by atoms with van der Waals surface area (Å²) in [6, 6.07) is 6.29. The fraction of sp³-hybridized carbons (Fsp3) is 0.333. The average molecular weight is 299 g/mol. The van der Waals surface area contributed by atoms with E-state index in [9.17, 15) is 10.1 Å². The van der Waals surface area contributed by atoms with Crippen LogP contribution in [0.1, 0.15) is 26.7 Å². The predicted octanol–water partition coefficient (Wildman–Crippen LogP) is 4.83. The third kappa shape index (κ3) is 3.45. The molecule has 0 fully saturated rings. The summed E-state index contributed by atoms with van der Waals surface area (Å²) in [6.45, 7) is 8.81. The summed E-state index contributed by atoms with van der Waals surface area (Å²) in [5, 5.41) is 10.8. The Morgan fingerprint density at radius 2 is 2.14 bits per heavy atom. The van der Waals surface area contributed by atoms with Crippen molar-refractivity contribution in [1.29, 1.82) is 0 Å². The molecule has 1 atom stereocenters. The van der Waals surface area contributed by atoms with Gasteiger partial charge in [-0.1, -0.05) is 44.2 Å². The molecular formula is C18H21NO3. The van der Waals surface area contributed by atoms with Crippen molar-refractivity contribution in [2.24, 2.45) is 5.92 Å². The number of nitro benzene ring substituents is 1. The van der Waals surface area contributed by atoms with Crippen molar-refractivity contribution in [3.05, 3.63) is 69.8 Å². The predicted molar refractivity (Wildman–Crippen MR) is 88.0 cm³/mol. The third-order valence-corrected chi connectivity index (χ3v) is 3.98. The normalized spacial score (nSPS) is 16.9. The zero-order valence-corrected chi connectivity index (χ0v) is 13.0. The van der Waals surface area contributed by atoms with E-state index in [0.717, 1.165) is 18.4 Å². The first-order valence-corrected chi connectivity index (χ1v) is 7.52. The quantitative estimate of drug-likeness (QED) is 0.535. The molecule has 1 unspecified atom stereocenters. The second kappa shape index (κ2) is 7.07. The molecule has 1 aliphatic rings. The molecule has 0 aromatic heterocycles. The highest BCUT2D eigenvalue weighted by molar-refractivity contribution is 5.45. The maximum absolute atomic E-state index is 10.8. The van der Waals surface area contributed by atoms with Gasteiger partial charge in [0, 0.05) is 12.0 Å². The van der Waals surface area contributed by atoms with Gasteiger partial charge in [0.05, 0.1) is 11.0 Å². The van der Waals surface area contributed by atoms with Gasteiger partial charge in [-0.2, -0.15) is 0 Å². The van der Waals surface area contributed by atoms with Gasteiger partial charge in [-0.05, 0) is 30.1 Å². The van der Waals surface area contributed by atoms with Crippen LogP contribution in [0.15, 0.2) is 59.7 Å². The number of hydrogen-bond acceptors (Lipinski definition) is 3. The summed E-state index contributed by atoms with van der Waals surface area (Å²) < 4.78 is 5.74. The third-order valence-electron chi connectivity index (χ3n) is 3.98. The summed E-state index contributed by atoms with van der Waals surface area (Å²) in [5.74, 6) is 0.860. The summed E-state index contributed by atoms with van der Waals surface area (Å²) >= 11 is 0. The van der Waals surface area contributed by atoms with Gasteiger partial charge < -0.3 is 4.74 Å². The van der Waals surface area contributed by atoms with Crippen molar-refractivity contribution in [3.8, 4) is 5.75 Å². The van der Waals surface area contributed by atoms with E-state index in [4.69, 9.17) is 4.74 Å². The van der Waals surface area contributed by atoms with Crippen LogP contribution in [0.5, 0.6) is 5.75 Å². The Bertz CT molecular complexity index is 643. The molecule has 0 saturated carbocycles. The molecule has 0 saturated heterocycles. The van der Waals surface area contributed by atoms with E-state index in [1.165, 1.54) is 23.3 Å². The van der Waals surface area contributed by atoms with Gasteiger partial charge in [0.25, 0.3) is 5.69 Å².